The SMILES string of the molecule is COCNC(=O)c1ccc(-c2ccc(C(N(CCC(C)C)C(=O)N(C)C#N)C(F)(F)F)cc2)cc1. The van der Waals surface area contributed by atoms with Crippen molar-refractivity contribution < 1.29 is 27.5 Å². The summed E-state index contributed by atoms with van der Waals surface area (Å²) >= 11 is 0. The molecule has 188 valence electrons. The Morgan fingerprint density at radius 3 is 2.06 bits per heavy atom. The lowest BCUT2D eigenvalue weighted by Gasteiger charge is -2.35. The van der Waals surface area contributed by atoms with Gasteiger partial charge in [-0.15, -0.1) is 0 Å². The molecular weight excluding hydrogens is 461 g/mol. The van der Waals surface area contributed by atoms with Crippen LogP contribution in [0.15, 0.2) is 48.5 Å². The zero-order valence-corrected chi connectivity index (χ0v) is 20.1. The van der Waals surface area contributed by atoms with Crippen molar-refractivity contribution in [2.75, 3.05) is 27.4 Å². The third-order valence-electron chi connectivity index (χ3n) is 5.34. The fraction of sp³-hybridized carbons (Fsp3) is 0.400. The number of rotatable bonds is 9. The first kappa shape index (κ1) is 27.7. The molecular formula is C25H29F3N4O3. The van der Waals surface area contributed by atoms with Gasteiger partial charge < -0.3 is 15.0 Å². The molecule has 3 amide bonds. The monoisotopic (exact) mass is 490 g/mol. The third kappa shape index (κ3) is 7.45. The second kappa shape index (κ2) is 12.2. The van der Waals surface area contributed by atoms with E-state index < -0.39 is 18.2 Å². The number of halogens is 3. The Labute approximate surface area is 203 Å². The Morgan fingerprint density at radius 1 is 1.06 bits per heavy atom. The van der Waals surface area contributed by atoms with E-state index in [1.165, 1.54) is 31.4 Å². The molecule has 35 heavy (non-hydrogen) atoms. The van der Waals surface area contributed by atoms with Crippen molar-refractivity contribution in [3.8, 4) is 17.3 Å². The van der Waals surface area contributed by atoms with Gasteiger partial charge in [0, 0.05) is 26.3 Å². The van der Waals surface area contributed by atoms with Gasteiger partial charge in [0.05, 0.1) is 0 Å². The lowest BCUT2D eigenvalue weighted by molar-refractivity contribution is -0.179. The largest absolute Gasteiger partial charge is 0.413 e. The van der Waals surface area contributed by atoms with Crippen molar-refractivity contribution in [2.24, 2.45) is 5.92 Å². The van der Waals surface area contributed by atoms with E-state index in [4.69, 9.17) is 10.00 Å². The van der Waals surface area contributed by atoms with E-state index in [0.717, 1.165) is 7.05 Å². The van der Waals surface area contributed by atoms with Crippen LogP contribution in [-0.2, 0) is 4.74 Å². The van der Waals surface area contributed by atoms with Crippen LogP contribution in [0.5, 0.6) is 0 Å². The lowest BCUT2D eigenvalue weighted by atomic mass is 9.98. The maximum atomic E-state index is 14.2. The number of ether oxygens (including phenoxy) is 1. The molecule has 0 saturated carbocycles. The molecule has 2 rings (SSSR count). The maximum Gasteiger partial charge on any atom is 0.413 e. The molecule has 0 saturated heterocycles. The normalized spacial score (nSPS) is 12.1. The summed E-state index contributed by atoms with van der Waals surface area (Å²) in [6.07, 6.45) is -2.82. The number of alkyl halides is 3. The summed E-state index contributed by atoms with van der Waals surface area (Å²) in [7, 11) is 2.60. The summed E-state index contributed by atoms with van der Waals surface area (Å²) in [6.45, 7) is 3.62. The number of hydrogen-bond donors (Lipinski definition) is 1. The molecule has 0 fully saturated rings. The molecule has 0 aliphatic carbocycles. The molecule has 2 aromatic carbocycles. The Bertz CT molecular complexity index is 1030. The Kier molecular flexibility index (Phi) is 9.66. The average molecular weight is 491 g/mol. The van der Waals surface area contributed by atoms with E-state index in [9.17, 15) is 22.8 Å². The van der Waals surface area contributed by atoms with Gasteiger partial charge in [-0.25, -0.2) is 9.69 Å². The highest BCUT2D eigenvalue weighted by Gasteiger charge is 2.47. The molecule has 0 aromatic heterocycles. The molecule has 0 bridgehead atoms. The Hall–Kier alpha value is -3.58. The van der Waals surface area contributed by atoms with Crippen LogP contribution >= 0.6 is 0 Å². The number of benzene rings is 2. The molecule has 1 unspecified atom stereocenters. The minimum Gasteiger partial charge on any atom is -0.364 e. The first-order valence-corrected chi connectivity index (χ1v) is 11.0. The van der Waals surface area contributed by atoms with Crippen molar-refractivity contribution in [1.29, 1.82) is 5.26 Å². The molecule has 0 heterocycles. The number of carbonyl (C=O) groups excluding carboxylic acids is 2. The van der Waals surface area contributed by atoms with Crippen LogP contribution < -0.4 is 5.32 Å². The van der Waals surface area contributed by atoms with Crippen LogP contribution in [0.2, 0.25) is 0 Å². The van der Waals surface area contributed by atoms with Gasteiger partial charge in [-0.1, -0.05) is 50.2 Å². The number of nitrogens with one attached hydrogen (secondary N) is 1. The fourth-order valence-corrected chi connectivity index (χ4v) is 3.43. The van der Waals surface area contributed by atoms with Crippen molar-refractivity contribution in [1.82, 2.24) is 15.1 Å². The van der Waals surface area contributed by atoms with Crippen LogP contribution in [0.3, 0.4) is 0 Å². The first-order chi connectivity index (χ1) is 16.5. The number of amides is 3. The number of hydrogen-bond acceptors (Lipinski definition) is 4. The number of nitrogens with zero attached hydrogens (tertiary/aromatic N) is 3. The zero-order chi connectivity index (χ0) is 26.2. The van der Waals surface area contributed by atoms with Gasteiger partial charge in [0.25, 0.3) is 5.91 Å². The minimum atomic E-state index is -4.75. The average Bonchev–Trinajstić information content (AvgIpc) is 2.83. The molecule has 2 aromatic rings. The number of nitriles is 1. The van der Waals surface area contributed by atoms with Gasteiger partial charge in [-0.2, -0.15) is 18.4 Å². The molecule has 0 spiro atoms. The predicted octanol–water partition coefficient (Wildman–Crippen LogP) is 5.17. The number of carbonyl (C=O) groups is 2. The highest BCUT2D eigenvalue weighted by Crippen LogP contribution is 2.39. The van der Waals surface area contributed by atoms with Crippen molar-refractivity contribution >= 4 is 11.9 Å². The van der Waals surface area contributed by atoms with E-state index in [-0.39, 0.29) is 30.7 Å². The van der Waals surface area contributed by atoms with Gasteiger partial charge in [-0.3, -0.25) is 4.79 Å². The summed E-state index contributed by atoms with van der Waals surface area (Å²) in [4.78, 5) is 26.0. The van der Waals surface area contributed by atoms with Gasteiger partial charge >= 0.3 is 12.2 Å². The molecule has 1 atom stereocenters. The van der Waals surface area contributed by atoms with Gasteiger partial charge in [0.1, 0.15) is 6.73 Å². The van der Waals surface area contributed by atoms with E-state index in [1.54, 1.807) is 30.5 Å². The molecule has 0 aliphatic heterocycles. The summed E-state index contributed by atoms with van der Waals surface area (Å²) in [5.41, 5.74) is 1.66. The summed E-state index contributed by atoms with van der Waals surface area (Å²) in [6, 6.07) is 9.11. The number of methoxy groups -OCH3 is 1. The summed E-state index contributed by atoms with van der Waals surface area (Å²) in [5.74, 6) is -0.247. The first-order valence-electron chi connectivity index (χ1n) is 11.0. The molecule has 1 N–H and O–H groups in total. The molecule has 0 aliphatic rings. The summed E-state index contributed by atoms with van der Waals surface area (Å²) in [5, 5.41) is 11.6. The van der Waals surface area contributed by atoms with E-state index in [2.05, 4.69) is 5.32 Å². The second-order valence-electron chi connectivity index (χ2n) is 8.40. The highest BCUT2D eigenvalue weighted by atomic mass is 19.4. The van der Waals surface area contributed by atoms with Crippen LogP contribution in [-0.4, -0.2) is 55.3 Å². The second-order valence-corrected chi connectivity index (χ2v) is 8.40. The van der Waals surface area contributed by atoms with Crippen molar-refractivity contribution in [2.45, 2.75) is 32.5 Å². The topological polar surface area (TPSA) is 85.7 Å². The van der Waals surface area contributed by atoms with E-state index in [0.29, 0.717) is 32.9 Å². The Balaban J connectivity index is 2.36. The van der Waals surface area contributed by atoms with Crippen LogP contribution in [0.1, 0.15) is 42.2 Å². The van der Waals surface area contributed by atoms with Gasteiger partial charge in [-0.05, 0) is 41.2 Å². The maximum absolute atomic E-state index is 14.2. The van der Waals surface area contributed by atoms with Crippen LogP contribution in [0.25, 0.3) is 11.1 Å². The standard InChI is InChI=1S/C25H29F3N4O3/c1-17(2)13-14-32(24(34)31(3)15-29)22(25(26,27)28)20-9-5-18(6-10-20)19-7-11-21(12-8-19)23(33)30-16-35-4/h5-12,17,22H,13-14,16H2,1-4H3,(H,30,33). The lowest BCUT2D eigenvalue weighted by Crippen LogP contribution is -2.47. The van der Waals surface area contributed by atoms with E-state index >= 15 is 0 Å². The van der Waals surface area contributed by atoms with Gasteiger partial charge in [0.2, 0.25) is 0 Å². The van der Waals surface area contributed by atoms with Crippen molar-refractivity contribution in [3.63, 3.8) is 0 Å². The predicted molar refractivity (Wildman–Crippen MR) is 125 cm³/mol. The smallest absolute Gasteiger partial charge is 0.364 e. The highest BCUT2D eigenvalue weighted by molar-refractivity contribution is 5.94. The van der Waals surface area contributed by atoms with E-state index in [1.807, 2.05) is 13.8 Å². The quantitative estimate of drug-likeness (QED) is 0.299. The number of urea groups is 1. The zero-order valence-electron chi connectivity index (χ0n) is 20.1. The minimum absolute atomic E-state index is 0.0634. The Morgan fingerprint density at radius 2 is 1.60 bits per heavy atom. The molecule has 7 nitrogen and oxygen atoms in total. The fourth-order valence-electron chi connectivity index (χ4n) is 3.43. The van der Waals surface area contributed by atoms with Crippen LogP contribution in [0, 0.1) is 17.4 Å². The molecule has 0 radical (unpaired) electrons. The molecule has 10 heteroatoms. The van der Waals surface area contributed by atoms with Crippen molar-refractivity contribution in [3.05, 3.63) is 59.7 Å². The van der Waals surface area contributed by atoms with Gasteiger partial charge in [0.15, 0.2) is 12.2 Å². The third-order valence-corrected chi connectivity index (χ3v) is 5.34. The van der Waals surface area contributed by atoms with Crippen LogP contribution in [0.4, 0.5) is 18.0 Å². The summed E-state index contributed by atoms with van der Waals surface area (Å²) < 4.78 is 47.4.